The molecule has 0 aliphatic heterocycles. The predicted octanol–water partition coefficient (Wildman–Crippen LogP) is 4.30. The third-order valence-corrected chi connectivity index (χ3v) is 4.22. The van der Waals surface area contributed by atoms with E-state index in [1.165, 1.54) is 0 Å². The number of nitro benzene ring substituents is 1. The number of carbonyl (C=O) groups is 2. The van der Waals surface area contributed by atoms with Gasteiger partial charge in [-0.1, -0.05) is 51.5 Å². The van der Waals surface area contributed by atoms with E-state index in [0.29, 0.717) is 18.6 Å². The molecular weight excluding hydrogens is 395 g/mol. The number of amides is 1. The molecule has 1 atom stereocenters. The highest BCUT2D eigenvalue weighted by Crippen LogP contribution is 2.36. The van der Waals surface area contributed by atoms with Gasteiger partial charge in [-0.05, 0) is 18.6 Å². The van der Waals surface area contributed by atoms with Gasteiger partial charge < -0.3 is 4.84 Å². The van der Waals surface area contributed by atoms with E-state index in [0.717, 1.165) is 38.2 Å². The number of halogens is 3. The fourth-order valence-electron chi connectivity index (χ4n) is 2.53. The summed E-state index contributed by atoms with van der Waals surface area (Å²) in [5.74, 6) is -2.09. The maximum Gasteiger partial charge on any atom is 0.423 e. The number of nitro groups is 1. The molecule has 0 bridgehead atoms. The number of carbonyl (C=O) groups excluding carboxylic acids is 2. The first-order valence-corrected chi connectivity index (χ1v) is 9.19. The fourth-order valence-corrected chi connectivity index (χ4v) is 2.53. The van der Waals surface area contributed by atoms with Crippen molar-refractivity contribution in [1.82, 2.24) is 11.0 Å². The summed E-state index contributed by atoms with van der Waals surface area (Å²) in [5.41, 5.74) is 0.625. The molecule has 0 aromatic heterocycles. The molecule has 1 unspecified atom stereocenters. The molecule has 0 aliphatic carbocycles. The van der Waals surface area contributed by atoms with E-state index >= 15 is 0 Å². The summed E-state index contributed by atoms with van der Waals surface area (Å²) in [6.45, 7) is 3.76. The van der Waals surface area contributed by atoms with Crippen LogP contribution in [0, 0.1) is 16.0 Å². The largest absolute Gasteiger partial charge is 0.423 e. The smallest absolute Gasteiger partial charge is 0.351 e. The Balaban J connectivity index is 2.56. The van der Waals surface area contributed by atoms with Crippen LogP contribution < -0.4 is 11.0 Å². The number of nitrogens with zero attached hydrogens (tertiary/aromatic N) is 1. The monoisotopic (exact) mass is 419 g/mol. The van der Waals surface area contributed by atoms with Crippen molar-refractivity contribution in [2.24, 2.45) is 5.92 Å². The van der Waals surface area contributed by atoms with Gasteiger partial charge in [0.1, 0.15) is 5.56 Å². The topological polar surface area (TPSA) is 111 Å². The first-order chi connectivity index (χ1) is 13.6. The molecular formula is C18H24F3N3O5. The highest BCUT2D eigenvalue weighted by molar-refractivity contribution is 5.94. The molecule has 0 spiro atoms. The molecule has 0 heterocycles. The zero-order valence-electron chi connectivity index (χ0n) is 16.2. The lowest BCUT2D eigenvalue weighted by Crippen LogP contribution is -2.40. The average Bonchev–Trinajstić information content (AvgIpc) is 2.66. The van der Waals surface area contributed by atoms with Crippen molar-refractivity contribution in [3.63, 3.8) is 0 Å². The molecule has 0 saturated heterocycles. The van der Waals surface area contributed by atoms with Crippen LogP contribution in [0.4, 0.5) is 18.9 Å². The minimum atomic E-state index is -5.01. The van der Waals surface area contributed by atoms with E-state index in [2.05, 4.69) is 11.8 Å². The van der Waals surface area contributed by atoms with Gasteiger partial charge in [0.15, 0.2) is 0 Å². The van der Waals surface area contributed by atoms with Gasteiger partial charge >= 0.3 is 12.1 Å². The van der Waals surface area contributed by atoms with Crippen LogP contribution >= 0.6 is 0 Å². The summed E-state index contributed by atoms with van der Waals surface area (Å²) in [6.07, 6.45) is 0.775. The first-order valence-electron chi connectivity index (χ1n) is 9.19. The number of hydrazine groups is 1. The summed E-state index contributed by atoms with van der Waals surface area (Å²) in [4.78, 5) is 38.0. The van der Waals surface area contributed by atoms with Crippen LogP contribution in [0.15, 0.2) is 18.2 Å². The summed E-state index contributed by atoms with van der Waals surface area (Å²) in [7, 11) is 0. The summed E-state index contributed by atoms with van der Waals surface area (Å²) >= 11 is 0. The van der Waals surface area contributed by atoms with Crippen molar-refractivity contribution in [3.8, 4) is 0 Å². The SMILES string of the molecule is CCCCCCCC(C)C(=O)ONNC(=O)c1ccc([N+](=O)[O-])c(C(F)(F)F)c1. The van der Waals surface area contributed by atoms with Gasteiger partial charge in [-0.15, -0.1) is 0 Å². The van der Waals surface area contributed by atoms with Crippen LogP contribution in [0.25, 0.3) is 0 Å². The van der Waals surface area contributed by atoms with Crippen molar-refractivity contribution < 1.29 is 32.5 Å². The highest BCUT2D eigenvalue weighted by atomic mass is 19.4. The Morgan fingerprint density at radius 3 is 2.45 bits per heavy atom. The van der Waals surface area contributed by atoms with E-state index < -0.39 is 45.7 Å². The standard InChI is InChI=1S/C18H24F3N3O5/c1-3-4-5-6-7-8-12(2)17(26)29-23-22-16(25)13-9-10-15(24(27)28)14(11-13)18(19,20)21/h9-12,23H,3-8H2,1-2H3,(H,22,25). The minimum Gasteiger partial charge on any atom is -0.351 e. The average molecular weight is 419 g/mol. The molecule has 2 N–H and O–H groups in total. The third-order valence-electron chi connectivity index (χ3n) is 4.22. The zero-order chi connectivity index (χ0) is 22.0. The van der Waals surface area contributed by atoms with Crippen LogP contribution in [-0.2, 0) is 15.8 Å². The van der Waals surface area contributed by atoms with Crippen molar-refractivity contribution in [3.05, 3.63) is 39.4 Å². The molecule has 1 amide bonds. The lowest BCUT2D eigenvalue weighted by Gasteiger charge is -2.13. The Kier molecular flexibility index (Phi) is 9.53. The first kappa shape index (κ1) is 24.3. The van der Waals surface area contributed by atoms with Gasteiger partial charge in [-0.2, -0.15) is 13.2 Å². The zero-order valence-corrected chi connectivity index (χ0v) is 16.2. The van der Waals surface area contributed by atoms with Gasteiger partial charge in [-0.25, -0.2) is 4.79 Å². The van der Waals surface area contributed by atoms with Crippen molar-refractivity contribution >= 4 is 17.6 Å². The maximum atomic E-state index is 12.9. The van der Waals surface area contributed by atoms with Crippen LogP contribution in [0.3, 0.4) is 0 Å². The third kappa shape index (κ3) is 8.06. The summed E-state index contributed by atoms with van der Waals surface area (Å²) < 4.78 is 38.8. The van der Waals surface area contributed by atoms with Gasteiger partial charge in [0.25, 0.3) is 11.6 Å². The second kappa shape index (κ2) is 11.3. The number of hydrogen-bond donors (Lipinski definition) is 2. The van der Waals surface area contributed by atoms with Crippen molar-refractivity contribution in [2.75, 3.05) is 0 Å². The van der Waals surface area contributed by atoms with Gasteiger partial charge in [0, 0.05) is 11.6 Å². The lowest BCUT2D eigenvalue weighted by molar-refractivity contribution is -0.388. The minimum absolute atomic E-state index is 0.357. The summed E-state index contributed by atoms with van der Waals surface area (Å²) in [5, 5.41) is 10.7. The van der Waals surface area contributed by atoms with Crippen LogP contribution in [0.1, 0.15) is 68.3 Å². The predicted molar refractivity (Wildman–Crippen MR) is 97.3 cm³/mol. The van der Waals surface area contributed by atoms with Crippen molar-refractivity contribution in [2.45, 2.75) is 58.5 Å². The Hall–Kier alpha value is -2.69. The van der Waals surface area contributed by atoms with E-state index in [1.54, 1.807) is 6.92 Å². The molecule has 11 heteroatoms. The van der Waals surface area contributed by atoms with Crippen LogP contribution in [-0.4, -0.2) is 16.8 Å². The van der Waals surface area contributed by atoms with E-state index in [4.69, 9.17) is 0 Å². The molecule has 1 aromatic rings. The number of unbranched alkanes of at least 4 members (excludes halogenated alkanes) is 4. The Morgan fingerprint density at radius 1 is 1.21 bits per heavy atom. The molecule has 8 nitrogen and oxygen atoms in total. The number of rotatable bonds is 11. The Labute approximate surface area is 165 Å². The van der Waals surface area contributed by atoms with Crippen LogP contribution in [0.5, 0.6) is 0 Å². The number of nitrogens with one attached hydrogen (secondary N) is 2. The van der Waals surface area contributed by atoms with E-state index in [1.807, 2.05) is 11.0 Å². The highest BCUT2D eigenvalue weighted by Gasteiger charge is 2.38. The summed E-state index contributed by atoms with van der Waals surface area (Å²) in [6, 6.07) is 1.81. The molecule has 29 heavy (non-hydrogen) atoms. The number of hydrogen-bond acceptors (Lipinski definition) is 6. The molecule has 0 saturated carbocycles. The van der Waals surface area contributed by atoms with E-state index in [-0.39, 0.29) is 0 Å². The number of alkyl halides is 3. The molecule has 1 rings (SSSR count). The maximum absolute atomic E-state index is 12.9. The second-order valence-electron chi connectivity index (χ2n) is 6.57. The van der Waals surface area contributed by atoms with Gasteiger partial charge in [0.2, 0.25) is 0 Å². The Morgan fingerprint density at radius 2 is 1.86 bits per heavy atom. The normalized spacial score (nSPS) is 12.3. The molecule has 1 aromatic carbocycles. The van der Waals surface area contributed by atoms with E-state index in [9.17, 15) is 32.9 Å². The molecule has 0 radical (unpaired) electrons. The molecule has 162 valence electrons. The number of benzene rings is 1. The molecule has 0 fully saturated rings. The fraction of sp³-hybridized carbons (Fsp3) is 0.556. The van der Waals surface area contributed by atoms with Gasteiger partial charge in [-0.3, -0.25) is 20.3 Å². The van der Waals surface area contributed by atoms with Crippen molar-refractivity contribution in [1.29, 1.82) is 0 Å². The lowest BCUT2D eigenvalue weighted by atomic mass is 10.0. The quantitative estimate of drug-likeness (QED) is 0.314. The second-order valence-corrected chi connectivity index (χ2v) is 6.57. The van der Waals surface area contributed by atoms with Crippen LogP contribution in [0.2, 0.25) is 0 Å². The molecule has 0 aliphatic rings. The van der Waals surface area contributed by atoms with Gasteiger partial charge in [0.05, 0.1) is 10.8 Å². The Bertz CT molecular complexity index is 725.